The summed E-state index contributed by atoms with van der Waals surface area (Å²) in [4.78, 5) is 37.7. The Hall–Kier alpha value is -2.96. The van der Waals surface area contributed by atoms with E-state index in [0.29, 0.717) is 35.8 Å². The van der Waals surface area contributed by atoms with E-state index >= 15 is 0 Å². The van der Waals surface area contributed by atoms with Crippen LogP contribution in [0, 0.1) is 19.8 Å². The second-order valence-electron chi connectivity index (χ2n) is 7.52. The summed E-state index contributed by atoms with van der Waals surface area (Å²) in [7, 11) is 0. The first kappa shape index (κ1) is 19.8. The number of aryl methyl sites for hydroxylation is 1. The smallest absolute Gasteiger partial charge is 0.248 e. The minimum atomic E-state index is -0.431. The van der Waals surface area contributed by atoms with Gasteiger partial charge >= 0.3 is 0 Å². The molecule has 1 fully saturated rings. The lowest BCUT2D eigenvalue weighted by Gasteiger charge is -2.17. The number of nitrogens with zero attached hydrogens (tertiary/aromatic N) is 3. The summed E-state index contributed by atoms with van der Waals surface area (Å²) in [5, 5.41) is 4.36. The van der Waals surface area contributed by atoms with E-state index in [1.165, 1.54) is 6.92 Å². The van der Waals surface area contributed by atoms with Crippen molar-refractivity contribution < 1.29 is 14.4 Å². The molecule has 1 aromatic carbocycles. The maximum atomic E-state index is 12.7. The number of carbonyl (C=O) groups is 3. The summed E-state index contributed by atoms with van der Waals surface area (Å²) in [6.07, 6.45) is 1.72. The van der Waals surface area contributed by atoms with Crippen LogP contribution in [0.2, 0.25) is 0 Å². The lowest BCUT2D eigenvalue weighted by Crippen LogP contribution is -2.32. The highest BCUT2D eigenvalue weighted by atomic mass is 16.2. The molecule has 1 aliphatic heterocycles. The van der Waals surface area contributed by atoms with Crippen LogP contribution < -0.4 is 5.73 Å². The summed E-state index contributed by atoms with van der Waals surface area (Å²) in [5.41, 5.74) is 8.90. The van der Waals surface area contributed by atoms with Gasteiger partial charge in [0.15, 0.2) is 5.78 Å². The maximum absolute atomic E-state index is 12.7. The zero-order valence-corrected chi connectivity index (χ0v) is 16.6. The van der Waals surface area contributed by atoms with E-state index < -0.39 is 5.91 Å². The molecule has 2 aromatic rings. The molecule has 7 nitrogen and oxygen atoms in total. The number of amides is 2. The van der Waals surface area contributed by atoms with E-state index in [1.54, 1.807) is 17.7 Å². The summed E-state index contributed by atoms with van der Waals surface area (Å²) < 4.78 is 1.62. The molecular formula is C21H26N4O3. The van der Waals surface area contributed by atoms with Crippen molar-refractivity contribution in [3.63, 3.8) is 0 Å². The molecular weight excluding hydrogens is 356 g/mol. The van der Waals surface area contributed by atoms with Crippen LogP contribution in [0.3, 0.4) is 0 Å². The highest BCUT2D eigenvalue weighted by Crippen LogP contribution is 2.22. The van der Waals surface area contributed by atoms with Crippen LogP contribution in [0.4, 0.5) is 0 Å². The van der Waals surface area contributed by atoms with Gasteiger partial charge in [0.1, 0.15) is 6.54 Å². The zero-order chi connectivity index (χ0) is 20.4. The van der Waals surface area contributed by atoms with E-state index in [2.05, 4.69) is 5.10 Å². The Morgan fingerprint density at radius 2 is 2.00 bits per heavy atom. The van der Waals surface area contributed by atoms with Gasteiger partial charge in [0.2, 0.25) is 11.8 Å². The average Bonchev–Trinajstić information content (AvgIpc) is 3.19. The highest BCUT2D eigenvalue weighted by Gasteiger charge is 2.27. The first-order chi connectivity index (χ1) is 13.3. The Labute approximate surface area is 164 Å². The third-order valence-corrected chi connectivity index (χ3v) is 5.39. The summed E-state index contributed by atoms with van der Waals surface area (Å²) in [6, 6.07) is 7.35. The molecule has 0 saturated carbocycles. The van der Waals surface area contributed by atoms with Gasteiger partial charge < -0.3 is 10.6 Å². The number of nitrogens with two attached hydrogens (primary N) is 1. The lowest BCUT2D eigenvalue weighted by molar-refractivity contribution is -0.131. The summed E-state index contributed by atoms with van der Waals surface area (Å²) >= 11 is 0. The van der Waals surface area contributed by atoms with Gasteiger partial charge in [0.25, 0.3) is 0 Å². The van der Waals surface area contributed by atoms with Crippen molar-refractivity contribution in [3.05, 3.63) is 52.3 Å². The Morgan fingerprint density at radius 1 is 1.25 bits per heavy atom. The Morgan fingerprint density at radius 3 is 2.64 bits per heavy atom. The largest absolute Gasteiger partial charge is 0.366 e. The molecule has 0 radical (unpaired) electrons. The van der Waals surface area contributed by atoms with Crippen molar-refractivity contribution in [1.82, 2.24) is 14.7 Å². The van der Waals surface area contributed by atoms with E-state index in [-0.39, 0.29) is 18.2 Å². The van der Waals surface area contributed by atoms with Gasteiger partial charge in [0.05, 0.1) is 11.3 Å². The van der Waals surface area contributed by atoms with Crippen molar-refractivity contribution in [2.45, 2.75) is 40.2 Å². The second-order valence-corrected chi connectivity index (χ2v) is 7.52. The molecule has 148 valence electrons. The number of carbonyl (C=O) groups excluding carboxylic acids is 3. The number of ketones is 1. The van der Waals surface area contributed by atoms with Crippen molar-refractivity contribution in [2.24, 2.45) is 11.7 Å². The first-order valence-corrected chi connectivity index (χ1v) is 9.47. The molecule has 2 N–H and O–H groups in total. The van der Waals surface area contributed by atoms with Crippen molar-refractivity contribution in [1.29, 1.82) is 0 Å². The van der Waals surface area contributed by atoms with Gasteiger partial charge in [-0.2, -0.15) is 5.10 Å². The van der Waals surface area contributed by atoms with Crippen LogP contribution in [-0.4, -0.2) is 45.4 Å². The molecule has 28 heavy (non-hydrogen) atoms. The van der Waals surface area contributed by atoms with Gasteiger partial charge in [-0.1, -0.05) is 12.1 Å². The third kappa shape index (κ3) is 4.13. The Balaban J connectivity index is 1.62. The zero-order valence-electron chi connectivity index (χ0n) is 16.6. The molecule has 0 spiro atoms. The van der Waals surface area contributed by atoms with Crippen LogP contribution in [0.5, 0.6) is 0 Å². The van der Waals surface area contributed by atoms with Crippen LogP contribution >= 0.6 is 0 Å². The van der Waals surface area contributed by atoms with Crippen molar-refractivity contribution in [2.75, 3.05) is 13.1 Å². The molecule has 0 aliphatic carbocycles. The van der Waals surface area contributed by atoms with E-state index in [4.69, 9.17) is 5.73 Å². The van der Waals surface area contributed by atoms with E-state index in [1.807, 2.05) is 30.0 Å². The molecule has 1 atom stereocenters. The van der Waals surface area contributed by atoms with Crippen LogP contribution in [-0.2, 0) is 17.8 Å². The van der Waals surface area contributed by atoms with Crippen LogP contribution in [0.1, 0.15) is 51.0 Å². The van der Waals surface area contributed by atoms with Crippen molar-refractivity contribution in [3.8, 4) is 0 Å². The molecule has 2 heterocycles. The Kier molecular flexibility index (Phi) is 5.63. The minimum absolute atomic E-state index is 0.00842. The molecule has 3 rings (SSSR count). The molecule has 0 bridgehead atoms. The van der Waals surface area contributed by atoms with Gasteiger partial charge in [-0.15, -0.1) is 0 Å². The molecule has 1 aliphatic rings. The maximum Gasteiger partial charge on any atom is 0.248 e. The van der Waals surface area contributed by atoms with Gasteiger partial charge in [-0.3, -0.25) is 19.1 Å². The van der Waals surface area contributed by atoms with Crippen LogP contribution in [0.25, 0.3) is 0 Å². The Bertz CT molecular complexity index is 932. The highest BCUT2D eigenvalue weighted by molar-refractivity contribution is 5.96. The fourth-order valence-electron chi connectivity index (χ4n) is 4.00. The number of aromatic nitrogens is 2. The van der Waals surface area contributed by atoms with Crippen molar-refractivity contribution >= 4 is 17.6 Å². The number of hydrogen-bond acceptors (Lipinski definition) is 4. The van der Waals surface area contributed by atoms with Gasteiger partial charge in [-0.25, -0.2) is 0 Å². The topological polar surface area (TPSA) is 98.3 Å². The number of primary amides is 1. The monoisotopic (exact) mass is 382 g/mol. The summed E-state index contributed by atoms with van der Waals surface area (Å²) in [6.45, 7) is 6.65. The average molecular weight is 382 g/mol. The molecule has 1 aromatic heterocycles. The lowest BCUT2D eigenvalue weighted by atomic mass is 9.97. The minimum Gasteiger partial charge on any atom is -0.366 e. The molecule has 2 amide bonds. The number of benzene rings is 1. The van der Waals surface area contributed by atoms with Gasteiger partial charge in [0, 0.05) is 24.3 Å². The number of likely N-dealkylation sites (tertiary alicyclic amines) is 1. The normalized spacial score (nSPS) is 16.4. The van der Waals surface area contributed by atoms with E-state index in [9.17, 15) is 14.4 Å². The molecule has 1 saturated heterocycles. The van der Waals surface area contributed by atoms with E-state index in [0.717, 1.165) is 24.1 Å². The fraction of sp³-hybridized carbons (Fsp3) is 0.429. The number of rotatable bonds is 6. The third-order valence-electron chi connectivity index (χ3n) is 5.39. The SMILES string of the molecule is CC(=O)c1c(C)nn(CC(=O)N2CC[C@@H](Cc3cccc(C(N)=O)c3)C2)c1C. The number of hydrogen-bond donors (Lipinski definition) is 1. The quantitative estimate of drug-likeness (QED) is 0.771. The predicted molar refractivity (Wildman–Crippen MR) is 105 cm³/mol. The molecule has 0 unspecified atom stereocenters. The fourth-order valence-corrected chi connectivity index (χ4v) is 4.00. The summed E-state index contributed by atoms with van der Waals surface area (Å²) in [5.74, 6) is -0.109. The molecule has 7 heteroatoms. The second kappa shape index (κ2) is 7.96. The van der Waals surface area contributed by atoms with Gasteiger partial charge in [-0.05, 0) is 57.2 Å². The number of Topliss-reactive ketones (excluding diaryl/α,β-unsaturated/α-hetero) is 1. The standard InChI is InChI=1S/C21H26N4O3/c1-13-20(15(3)26)14(2)25(23-13)12-19(27)24-8-7-17(11-24)9-16-5-4-6-18(10-16)21(22)28/h4-6,10,17H,7-9,11-12H2,1-3H3,(H2,22,28)/t17-/m0/s1. The predicted octanol–water partition coefficient (Wildman–Crippen LogP) is 1.89. The first-order valence-electron chi connectivity index (χ1n) is 9.47. The van der Waals surface area contributed by atoms with Crippen LogP contribution in [0.15, 0.2) is 24.3 Å².